The minimum atomic E-state index is -0.658. The van der Waals surface area contributed by atoms with E-state index in [0.717, 1.165) is 5.56 Å². The van der Waals surface area contributed by atoms with Gasteiger partial charge in [-0.3, -0.25) is 9.79 Å². The van der Waals surface area contributed by atoms with Crippen LogP contribution in [0.3, 0.4) is 0 Å². The Bertz CT molecular complexity index is 462. The topological polar surface area (TPSA) is 55.5 Å². The average Bonchev–Trinajstić information content (AvgIpc) is 2.40. The molecule has 0 spiro atoms. The van der Waals surface area contributed by atoms with Crippen LogP contribution in [0.5, 0.6) is 0 Å². The predicted molar refractivity (Wildman–Crippen MR) is 82.5 cm³/mol. The Morgan fingerprint density at radius 2 is 1.84 bits per heavy atom. The number of aryl methyl sites for hydroxylation is 1. The van der Waals surface area contributed by atoms with Crippen LogP contribution < -0.4 is 5.73 Å². The molecule has 0 aliphatic rings. The van der Waals surface area contributed by atoms with Crippen molar-refractivity contribution in [2.75, 3.05) is 0 Å². The fourth-order valence-corrected chi connectivity index (χ4v) is 1.29. The van der Waals surface area contributed by atoms with Crippen molar-refractivity contribution in [2.45, 2.75) is 34.2 Å². The molecule has 1 aromatic rings. The molecular weight excluding hydrogens is 260 g/mol. The molecule has 1 rings (SSSR count). The Morgan fingerprint density at radius 1 is 1.32 bits per heavy atom. The van der Waals surface area contributed by atoms with E-state index in [4.69, 9.17) is 17.3 Å². The van der Waals surface area contributed by atoms with Crippen LogP contribution in [0.4, 0.5) is 0 Å². The molecule has 0 atom stereocenters. The molecule has 0 bridgehead atoms. The zero-order valence-corrected chi connectivity index (χ0v) is 12.7. The first kappa shape index (κ1) is 17.4. The first-order valence-electron chi connectivity index (χ1n) is 6.22. The van der Waals surface area contributed by atoms with Gasteiger partial charge in [0.05, 0.1) is 12.2 Å². The Hall–Kier alpha value is -1.61. The van der Waals surface area contributed by atoms with E-state index in [1.165, 1.54) is 11.6 Å². The number of nitrogens with zero attached hydrogens (tertiary/aromatic N) is 1. The van der Waals surface area contributed by atoms with Crippen LogP contribution >= 0.6 is 11.6 Å². The molecule has 2 N–H and O–H groups in total. The Morgan fingerprint density at radius 3 is 2.32 bits per heavy atom. The van der Waals surface area contributed by atoms with Gasteiger partial charge < -0.3 is 5.73 Å². The summed E-state index contributed by atoms with van der Waals surface area (Å²) >= 11 is 5.22. The van der Waals surface area contributed by atoms with Crippen LogP contribution in [0.1, 0.15) is 31.9 Å². The van der Waals surface area contributed by atoms with Crippen LogP contribution in [0, 0.1) is 6.92 Å². The summed E-state index contributed by atoms with van der Waals surface area (Å²) in [5, 5.41) is -0.658. The molecule has 0 aliphatic carbocycles. The van der Waals surface area contributed by atoms with E-state index in [0.29, 0.717) is 12.3 Å². The highest BCUT2D eigenvalue weighted by molar-refractivity contribution is 6.67. The summed E-state index contributed by atoms with van der Waals surface area (Å²) in [5.41, 5.74) is 8.42. The largest absolute Gasteiger partial charge is 0.395 e. The van der Waals surface area contributed by atoms with E-state index < -0.39 is 5.24 Å². The van der Waals surface area contributed by atoms with E-state index in [-0.39, 0.29) is 5.70 Å². The number of aliphatic imine (C=N–C) groups is 1. The quantitative estimate of drug-likeness (QED) is 0.520. The molecule has 1 aromatic carbocycles. The molecule has 0 saturated heterocycles. The third kappa shape index (κ3) is 7.42. The van der Waals surface area contributed by atoms with Gasteiger partial charge in [-0.25, -0.2) is 0 Å². The highest BCUT2D eigenvalue weighted by Crippen LogP contribution is 2.05. The summed E-state index contributed by atoms with van der Waals surface area (Å²) in [5.74, 6) is 0. The van der Waals surface area contributed by atoms with Crippen molar-refractivity contribution in [3.8, 4) is 0 Å². The number of hydrogen-bond donors (Lipinski definition) is 1. The van der Waals surface area contributed by atoms with Crippen molar-refractivity contribution in [3.63, 3.8) is 0 Å². The first-order valence-corrected chi connectivity index (χ1v) is 6.60. The number of hydrogen-bond acceptors (Lipinski definition) is 3. The second-order valence-corrected chi connectivity index (χ2v) is 4.16. The number of benzene rings is 1. The lowest BCUT2D eigenvalue weighted by molar-refractivity contribution is -0.108. The van der Waals surface area contributed by atoms with Gasteiger partial charge in [0.2, 0.25) is 0 Å². The maximum Gasteiger partial charge on any atom is 0.268 e. The van der Waals surface area contributed by atoms with Crippen LogP contribution in [0.25, 0.3) is 0 Å². The van der Waals surface area contributed by atoms with Gasteiger partial charge in [0.1, 0.15) is 0 Å². The van der Waals surface area contributed by atoms with Crippen molar-refractivity contribution in [2.24, 2.45) is 10.7 Å². The standard InChI is InChI=1S/C13H15ClN2O.C2H6/c1-9-3-5-11(6-4-9)8-16-10(2)7-12(15)13(14)17;1-2/h3-7H,8,15H2,1-2H3;1-2H3/b12-7-,16-10?;. The maximum atomic E-state index is 10.7. The SMILES string of the molecule is CC.CC(/C=C(\N)C(=O)Cl)=NCc1ccc(C)cc1. The molecule has 0 amide bonds. The molecule has 104 valence electrons. The zero-order chi connectivity index (χ0) is 14.8. The monoisotopic (exact) mass is 280 g/mol. The molecule has 0 radical (unpaired) electrons. The molecule has 0 fully saturated rings. The molecule has 0 aliphatic heterocycles. The number of allylic oxidation sites excluding steroid dienone is 2. The Labute approximate surface area is 120 Å². The second kappa shape index (κ2) is 9.34. The lowest BCUT2D eigenvalue weighted by Crippen LogP contribution is -2.07. The van der Waals surface area contributed by atoms with Gasteiger partial charge >= 0.3 is 0 Å². The third-order valence-corrected chi connectivity index (χ3v) is 2.44. The first-order chi connectivity index (χ1) is 8.99. The summed E-state index contributed by atoms with van der Waals surface area (Å²) in [7, 11) is 0. The number of carbonyl (C=O) groups excluding carboxylic acids is 1. The van der Waals surface area contributed by atoms with Crippen molar-refractivity contribution in [3.05, 3.63) is 47.2 Å². The molecule has 0 unspecified atom stereocenters. The fraction of sp³-hybridized carbons (Fsp3) is 0.333. The zero-order valence-electron chi connectivity index (χ0n) is 11.9. The highest BCUT2D eigenvalue weighted by Gasteiger charge is 1.99. The normalized spacial score (nSPS) is 11.6. The molecule has 0 heterocycles. The van der Waals surface area contributed by atoms with E-state index in [1.54, 1.807) is 6.92 Å². The summed E-state index contributed by atoms with van der Waals surface area (Å²) in [6.07, 6.45) is 1.48. The maximum absolute atomic E-state index is 10.7. The average molecular weight is 281 g/mol. The van der Waals surface area contributed by atoms with Gasteiger partial charge in [0.25, 0.3) is 5.24 Å². The van der Waals surface area contributed by atoms with Gasteiger partial charge in [-0.15, -0.1) is 0 Å². The van der Waals surface area contributed by atoms with Crippen LogP contribution in [-0.4, -0.2) is 11.0 Å². The summed E-state index contributed by atoms with van der Waals surface area (Å²) in [6.45, 7) is 8.38. The number of halogens is 1. The van der Waals surface area contributed by atoms with E-state index >= 15 is 0 Å². The Balaban J connectivity index is 0.00000154. The van der Waals surface area contributed by atoms with E-state index in [9.17, 15) is 4.79 Å². The van der Waals surface area contributed by atoms with Crippen molar-refractivity contribution in [1.29, 1.82) is 0 Å². The molecule has 19 heavy (non-hydrogen) atoms. The molecule has 3 nitrogen and oxygen atoms in total. The van der Waals surface area contributed by atoms with Gasteiger partial charge in [-0.2, -0.15) is 0 Å². The summed E-state index contributed by atoms with van der Waals surface area (Å²) < 4.78 is 0. The number of rotatable bonds is 4. The minimum Gasteiger partial charge on any atom is -0.395 e. The van der Waals surface area contributed by atoms with Crippen LogP contribution in [0.15, 0.2) is 41.0 Å². The lowest BCUT2D eigenvalue weighted by atomic mass is 10.1. The Kier molecular flexibility index (Phi) is 8.55. The van der Waals surface area contributed by atoms with Gasteiger partial charge in [0.15, 0.2) is 0 Å². The summed E-state index contributed by atoms with van der Waals surface area (Å²) in [6, 6.07) is 8.11. The molecule has 0 saturated carbocycles. The lowest BCUT2D eigenvalue weighted by Gasteiger charge is -1.99. The van der Waals surface area contributed by atoms with Crippen molar-refractivity contribution < 1.29 is 4.79 Å². The molecule has 4 heteroatoms. The minimum absolute atomic E-state index is 0.0109. The van der Waals surface area contributed by atoms with E-state index in [1.807, 2.05) is 45.0 Å². The number of carbonyl (C=O) groups is 1. The predicted octanol–water partition coefficient (Wildman–Crippen LogP) is 3.59. The van der Waals surface area contributed by atoms with Crippen molar-refractivity contribution in [1.82, 2.24) is 0 Å². The smallest absolute Gasteiger partial charge is 0.268 e. The van der Waals surface area contributed by atoms with Gasteiger partial charge in [0, 0.05) is 5.71 Å². The van der Waals surface area contributed by atoms with Gasteiger partial charge in [-0.05, 0) is 37.1 Å². The number of nitrogens with two attached hydrogens (primary N) is 1. The molecular formula is C15H21ClN2O. The van der Waals surface area contributed by atoms with Crippen LogP contribution in [-0.2, 0) is 11.3 Å². The second-order valence-electron chi connectivity index (χ2n) is 3.82. The summed E-state index contributed by atoms with van der Waals surface area (Å²) in [4.78, 5) is 15.0. The van der Waals surface area contributed by atoms with Gasteiger partial charge in [-0.1, -0.05) is 43.7 Å². The third-order valence-electron chi connectivity index (χ3n) is 2.22. The highest BCUT2D eigenvalue weighted by atomic mass is 35.5. The van der Waals surface area contributed by atoms with E-state index in [2.05, 4.69) is 4.99 Å². The molecule has 0 aromatic heterocycles. The van der Waals surface area contributed by atoms with Crippen LogP contribution in [0.2, 0.25) is 0 Å². The van der Waals surface area contributed by atoms with Crippen molar-refractivity contribution >= 4 is 22.6 Å². The fourth-order valence-electron chi connectivity index (χ4n) is 1.24.